The zero-order valence-corrected chi connectivity index (χ0v) is 9.55. The van der Waals surface area contributed by atoms with Crippen molar-refractivity contribution in [1.82, 2.24) is 10.2 Å². The Morgan fingerprint density at radius 3 is 2.43 bits per heavy atom. The van der Waals surface area contributed by atoms with Crippen molar-refractivity contribution in [2.75, 3.05) is 19.6 Å². The molecule has 82 valence electrons. The maximum absolute atomic E-state index is 11.8. The second kappa shape index (κ2) is 5.35. The lowest BCUT2D eigenvalue weighted by molar-refractivity contribution is -0.132. The summed E-state index contributed by atoms with van der Waals surface area (Å²) in [6, 6.07) is -0.0181. The molecule has 1 saturated carbocycles. The van der Waals surface area contributed by atoms with Crippen LogP contribution in [0.2, 0.25) is 0 Å². The molecule has 0 aromatic heterocycles. The predicted octanol–water partition coefficient (Wildman–Crippen LogP) is 1.24. The van der Waals surface area contributed by atoms with Crippen LogP contribution >= 0.6 is 0 Å². The van der Waals surface area contributed by atoms with Crippen molar-refractivity contribution in [1.29, 1.82) is 0 Å². The fourth-order valence-corrected chi connectivity index (χ4v) is 1.56. The summed E-state index contributed by atoms with van der Waals surface area (Å²) in [4.78, 5) is 13.7. The highest BCUT2D eigenvalue weighted by atomic mass is 16.2. The molecule has 1 rings (SSSR count). The first-order valence-corrected chi connectivity index (χ1v) is 5.71. The van der Waals surface area contributed by atoms with Gasteiger partial charge in [-0.25, -0.2) is 0 Å². The van der Waals surface area contributed by atoms with Gasteiger partial charge < -0.3 is 10.2 Å². The number of nitrogens with zero attached hydrogens (tertiary/aromatic N) is 1. The van der Waals surface area contributed by atoms with Gasteiger partial charge in [-0.15, -0.1) is 0 Å². The van der Waals surface area contributed by atoms with Crippen molar-refractivity contribution in [2.24, 2.45) is 5.92 Å². The van der Waals surface area contributed by atoms with Crippen LogP contribution < -0.4 is 5.32 Å². The van der Waals surface area contributed by atoms with Gasteiger partial charge in [0.25, 0.3) is 0 Å². The molecule has 0 saturated heterocycles. The number of rotatable bonds is 6. The van der Waals surface area contributed by atoms with E-state index in [9.17, 15) is 4.79 Å². The molecule has 14 heavy (non-hydrogen) atoms. The van der Waals surface area contributed by atoms with E-state index >= 15 is 0 Å². The van der Waals surface area contributed by atoms with E-state index in [1.54, 1.807) is 0 Å². The van der Waals surface area contributed by atoms with Crippen LogP contribution in [-0.4, -0.2) is 36.5 Å². The Bertz CT molecular complexity index is 186. The average molecular weight is 198 g/mol. The fraction of sp³-hybridized carbons (Fsp3) is 0.909. The lowest BCUT2D eigenvalue weighted by Gasteiger charge is -2.23. The molecule has 0 spiro atoms. The fourth-order valence-electron chi connectivity index (χ4n) is 1.56. The van der Waals surface area contributed by atoms with Crippen molar-refractivity contribution in [3.05, 3.63) is 0 Å². The van der Waals surface area contributed by atoms with E-state index in [4.69, 9.17) is 0 Å². The minimum Gasteiger partial charge on any atom is -0.342 e. The minimum atomic E-state index is -0.0181. The van der Waals surface area contributed by atoms with Crippen LogP contribution in [0.4, 0.5) is 0 Å². The SMILES string of the molecule is CCN(CC)C(=O)C(C)NCC1CC1. The van der Waals surface area contributed by atoms with Crippen molar-refractivity contribution in [2.45, 2.75) is 39.7 Å². The molecule has 1 N–H and O–H groups in total. The zero-order valence-electron chi connectivity index (χ0n) is 9.55. The largest absolute Gasteiger partial charge is 0.342 e. The lowest BCUT2D eigenvalue weighted by atomic mass is 10.2. The summed E-state index contributed by atoms with van der Waals surface area (Å²) < 4.78 is 0. The number of carbonyl (C=O) groups excluding carboxylic acids is 1. The highest BCUT2D eigenvalue weighted by molar-refractivity contribution is 5.81. The Kier molecular flexibility index (Phi) is 4.39. The first-order chi connectivity index (χ1) is 6.69. The van der Waals surface area contributed by atoms with E-state index < -0.39 is 0 Å². The second-order valence-electron chi connectivity index (χ2n) is 4.08. The van der Waals surface area contributed by atoms with Gasteiger partial charge in [0.2, 0.25) is 5.91 Å². The quantitative estimate of drug-likeness (QED) is 0.696. The lowest BCUT2D eigenvalue weighted by Crippen LogP contribution is -2.45. The molecular formula is C11H22N2O. The van der Waals surface area contributed by atoms with E-state index in [1.807, 2.05) is 25.7 Å². The van der Waals surface area contributed by atoms with Crippen molar-refractivity contribution >= 4 is 5.91 Å². The number of hydrogen-bond donors (Lipinski definition) is 1. The van der Waals surface area contributed by atoms with E-state index in [0.717, 1.165) is 25.6 Å². The molecule has 1 fully saturated rings. The molecule has 0 aromatic rings. The summed E-state index contributed by atoms with van der Waals surface area (Å²) in [5.74, 6) is 1.07. The smallest absolute Gasteiger partial charge is 0.239 e. The standard InChI is InChI=1S/C11H22N2O/c1-4-13(5-2)11(14)9(3)12-8-10-6-7-10/h9-10,12H,4-8H2,1-3H3. The number of likely N-dealkylation sites (N-methyl/N-ethyl adjacent to an activating group) is 1. The monoisotopic (exact) mass is 198 g/mol. The summed E-state index contributed by atoms with van der Waals surface area (Å²) in [5, 5.41) is 3.30. The molecule has 1 aliphatic carbocycles. The van der Waals surface area contributed by atoms with Crippen LogP contribution in [0.5, 0.6) is 0 Å². The molecule has 0 aliphatic heterocycles. The van der Waals surface area contributed by atoms with Crippen LogP contribution in [-0.2, 0) is 4.79 Å². The van der Waals surface area contributed by atoms with Crippen LogP contribution in [0, 0.1) is 5.92 Å². The Morgan fingerprint density at radius 1 is 1.43 bits per heavy atom. The van der Waals surface area contributed by atoms with Gasteiger partial charge in [-0.1, -0.05) is 0 Å². The number of nitrogens with one attached hydrogen (secondary N) is 1. The third kappa shape index (κ3) is 3.29. The molecule has 0 aromatic carbocycles. The van der Waals surface area contributed by atoms with Crippen molar-refractivity contribution in [3.8, 4) is 0 Å². The summed E-state index contributed by atoms with van der Waals surface area (Å²) in [6.07, 6.45) is 2.67. The van der Waals surface area contributed by atoms with E-state index in [0.29, 0.717) is 0 Å². The first-order valence-electron chi connectivity index (χ1n) is 5.71. The van der Waals surface area contributed by atoms with Crippen LogP contribution in [0.15, 0.2) is 0 Å². The molecule has 3 heteroatoms. The molecule has 0 bridgehead atoms. The third-order valence-corrected chi connectivity index (χ3v) is 2.86. The highest BCUT2D eigenvalue weighted by Crippen LogP contribution is 2.27. The molecular weight excluding hydrogens is 176 g/mol. The van der Waals surface area contributed by atoms with E-state index in [-0.39, 0.29) is 11.9 Å². The van der Waals surface area contributed by atoms with Gasteiger partial charge in [-0.05, 0) is 46.1 Å². The Morgan fingerprint density at radius 2 is 2.00 bits per heavy atom. The Hall–Kier alpha value is -0.570. The summed E-state index contributed by atoms with van der Waals surface area (Å²) in [6.45, 7) is 8.64. The first kappa shape index (κ1) is 11.5. The molecule has 0 radical (unpaired) electrons. The molecule has 3 nitrogen and oxygen atoms in total. The van der Waals surface area contributed by atoms with Crippen molar-refractivity contribution in [3.63, 3.8) is 0 Å². The topological polar surface area (TPSA) is 32.3 Å². The summed E-state index contributed by atoms with van der Waals surface area (Å²) >= 11 is 0. The Balaban J connectivity index is 2.25. The Labute approximate surface area is 86.9 Å². The van der Waals surface area contributed by atoms with Crippen LogP contribution in [0.1, 0.15) is 33.6 Å². The van der Waals surface area contributed by atoms with Gasteiger partial charge in [0.05, 0.1) is 6.04 Å². The van der Waals surface area contributed by atoms with Gasteiger partial charge in [-0.3, -0.25) is 4.79 Å². The van der Waals surface area contributed by atoms with Crippen molar-refractivity contribution < 1.29 is 4.79 Å². The van der Waals surface area contributed by atoms with Gasteiger partial charge in [-0.2, -0.15) is 0 Å². The van der Waals surface area contributed by atoms with E-state index in [1.165, 1.54) is 12.8 Å². The second-order valence-corrected chi connectivity index (χ2v) is 4.08. The molecule has 1 aliphatic rings. The van der Waals surface area contributed by atoms with E-state index in [2.05, 4.69) is 5.32 Å². The number of amides is 1. The molecule has 1 unspecified atom stereocenters. The maximum Gasteiger partial charge on any atom is 0.239 e. The van der Waals surface area contributed by atoms with Gasteiger partial charge in [0.1, 0.15) is 0 Å². The molecule has 1 atom stereocenters. The minimum absolute atomic E-state index is 0.0181. The van der Waals surface area contributed by atoms with Crippen LogP contribution in [0.25, 0.3) is 0 Å². The zero-order chi connectivity index (χ0) is 10.6. The summed E-state index contributed by atoms with van der Waals surface area (Å²) in [5.41, 5.74) is 0. The van der Waals surface area contributed by atoms with Gasteiger partial charge in [0, 0.05) is 13.1 Å². The maximum atomic E-state index is 11.8. The summed E-state index contributed by atoms with van der Waals surface area (Å²) in [7, 11) is 0. The average Bonchev–Trinajstić information content (AvgIpc) is 2.99. The molecule has 0 heterocycles. The molecule has 1 amide bonds. The predicted molar refractivity (Wildman–Crippen MR) is 58.1 cm³/mol. The normalized spacial score (nSPS) is 17.9. The number of carbonyl (C=O) groups is 1. The number of hydrogen-bond acceptors (Lipinski definition) is 2. The third-order valence-electron chi connectivity index (χ3n) is 2.86. The highest BCUT2D eigenvalue weighted by Gasteiger charge is 2.24. The van der Waals surface area contributed by atoms with Crippen LogP contribution in [0.3, 0.4) is 0 Å². The van der Waals surface area contributed by atoms with Gasteiger partial charge >= 0.3 is 0 Å². The van der Waals surface area contributed by atoms with Gasteiger partial charge in [0.15, 0.2) is 0 Å².